The van der Waals surface area contributed by atoms with Gasteiger partial charge in [-0.2, -0.15) is 0 Å². The Morgan fingerprint density at radius 3 is 2.48 bits per heavy atom. The Kier molecular flexibility index (Phi) is 6.11. The third kappa shape index (κ3) is 4.15. The average Bonchev–Trinajstić information content (AvgIpc) is 2.64. The number of methoxy groups -OCH3 is 4. The van der Waals surface area contributed by atoms with Crippen LogP contribution in [0.4, 0.5) is 0 Å². The highest BCUT2D eigenvalue weighted by atomic mass is 16.5. The first-order valence-corrected chi connectivity index (χ1v) is 7.70. The molecule has 1 aromatic rings. The number of phenolic OH excluding ortho intramolecular Hbond substituents is 1. The van der Waals surface area contributed by atoms with E-state index in [9.17, 15) is 9.90 Å². The van der Waals surface area contributed by atoms with E-state index in [-0.39, 0.29) is 28.8 Å². The molecule has 1 N–H and O–H groups in total. The number of ether oxygens (including phenoxy) is 4. The van der Waals surface area contributed by atoms with Crippen molar-refractivity contribution in [3.05, 3.63) is 53.5 Å². The van der Waals surface area contributed by atoms with E-state index in [0.717, 1.165) is 5.76 Å². The van der Waals surface area contributed by atoms with Gasteiger partial charge in [0.2, 0.25) is 0 Å². The lowest BCUT2D eigenvalue weighted by molar-refractivity contribution is 0.104. The molecule has 0 amide bonds. The summed E-state index contributed by atoms with van der Waals surface area (Å²) in [5.74, 6) is 1.50. The first-order valence-electron chi connectivity index (χ1n) is 7.70. The van der Waals surface area contributed by atoms with Crippen LogP contribution in [0.5, 0.6) is 17.2 Å². The van der Waals surface area contributed by atoms with Gasteiger partial charge >= 0.3 is 0 Å². The van der Waals surface area contributed by atoms with E-state index < -0.39 is 0 Å². The van der Waals surface area contributed by atoms with Crippen LogP contribution in [0.1, 0.15) is 16.8 Å². The van der Waals surface area contributed by atoms with E-state index in [0.29, 0.717) is 17.9 Å². The van der Waals surface area contributed by atoms with Gasteiger partial charge in [0.15, 0.2) is 11.5 Å². The van der Waals surface area contributed by atoms with Gasteiger partial charge in [-0.05, 0) is 12.2 Å². The van der Waals surface area contributed by atoms with E-state index in [4.69, 9.17) is 18.9 Å². The van der Waals surface area contributed by atoms with Crippen LogP contribution in [0.3, 0.4) is 0 Å². The van der Waals surface area contributed by atoms with E-state index in [2.05, 4.69) is 0 Å². The fraction of sp³-hybridized carbons (Fsp3) is 0.316. The number of phenols is 1. The maximum absolute atomic E-state index is 12.5. The summed E-state index contributed by atoms with van der Waals surface area (Å²) in [6.45, 7) is 0. The Hall–Kier alpha value is -2.89. The monoisotopic (exact) mass is 346 g/mol. The molecule has 6 heteroatoms. The molecule has 134 valence electrons. The van der Waals surface area contributed by atoms with Crippen molar-refractivity contribution in [1.82, 2.24) is 0 Å². The van der Waals surface area contributed by atoms with E-state index in [1.807, 2.05) is 12.2 Å². The van der Waals surface area contributed by atoms with E-state index in [1.54, 1.807) is 26.4 Å². The van der Waals surface area contributed by atoms with Crippen LogP contribution >= 0.6 is 0 Å². The van der Waals surface area contributed by atoms with E-state index >= 15 is 0 Å². The number of hydrogen-bond donors (Lipinski definition) is 1. The Morgan fingerprint density at radius 2 is 1.88 bits per heavy atom. The minimum atomic E-state index is -0.356. The second kappa shape index (κ2) is 8.28. The maximum Gasteiger partial charge on any atom is 0.193 e. The van der Waals surface area contributed by atoms with Gasteiger partial charge in [0.25, 0.3) is 0 Å². The fourth-order valence-electron chi connectivity index (χ4n) is 2.58. The highest BCUT2D eigenvalue weighted by Gasteiger charge is 2.19. The lowest BCUT2D eigenvalue weighted by Crippen LogP contribution is -2.07. The van der Waals surface area contributed by atoms with Crippen molar-refractivity contribution in [1.29, 1.82) is 0 Å². The first kappa shape index (κ1) is 18.4. The van der Waals surface area contributed by atoms with Crippen LogP contribution in [0.2, 0.25) is 0 Å². The molecule has 0 saturated heterocycles. The molecule has 0 saturated carbocycles. The van der Waals surface area contributed by atoms with Crippen LogP contribution in [0.25, 0.3) is 0 Å². The van der Waals surface area contributed by atoms with Gasteiger partial charge in [-0.15, -0.1) is 0 Å². The van der Waals surface area contributed by atoms with Crippen LogP contribution in [0.15, 0.2) is 48.0 Å². The molecule has 25 heavy (non-hydrogen) atoms. The van der Waals surface area contributed by atoms with Crippen molar-refractivity contribution in [2.75, 3.05) is 28.4 Å². The van der Waals surface area contributed by atoms with Crippen molar-refractivity contribution in [2.24, 2.45) is 5.92 Å². The smallest absolute Gasteiger partial charge is 0.193 e. The molecule has 0 fully saturated rings. The summed E-state index contributed by atoms with van der Waals surface area (Å²) in [6, 6.07) is 2.93. The fourth-order valence-corrected chi connectivity index (χ4v) is 2.58. The van der Waals surface area contributed by atoms with Gasteiger partial charge in [-0.25, -0.2) is 0 Å². The molecule has 0 heterocycles. The molecule has 0 spiro atoms. The Balaban J connectivity index is 2.20. The minimum absolute atomic E-state index is 0.0100. The van der Waals surface area contributed by atoms with Crippen molar-refractivity contribution < 1.29 is 28.8 Å². The third-order valence-corrected chi connectivity index (χ3v) is 3.91. The SMILES string of the molecule is COC1=C(OC)CC(C=CC(=O)c2c(O)cc(OC)cc2OC)C=C1. The topological polar surface area (TPSA) is 74.2 Å². The van der Waals surface area contributed by atoms with Crippen LogP contribution in [-0.2, 0) is 9.47 Å². The summed E-state index contributed by atoms with van der Waals surface area (Å²) in [5.41, 5.74) is 0.0967. The van der Waals surface area contributed by atoms with E-state index in [1.165, 1.54) is 26.4 Å². The number of carbonyl (C=O) groups excluding carboxylic acids is 1. The zero-order chi connectivity index (χ0) is 18.4. The Bertz CT molecular complexity index is 730. The zero-order valence-electron chi connectivity index (χ0n) is 14.7. The normalized spacial score (nSPS) is 16.9. The van der Waals surface area contributed by atoms with Gasteiger partial charge in [-0.1, -0.05) is 12.2 Å². The lowest BCUT2D eigenvalue weighted by atomic mass is 9.96. The van der Waals surface area contributed by atoms with Gasteiger partial charge in [0, 0.05) is 24.5 Å². The number of allylic oxidation sites excluding steroid dienone is 5. The summed E-state index contributed by atoms with van der Waals surface area (Å²) in [7, 11) is 6.07. The van der Waals surface area contributed by atoms with Crippen LogP contribution in [-0.4, -0.2) is 39.3 Å². The third-order valence-electron chi connectivity index (χ3n) is 3.91. The molecule has 2 rings (SSSR count). The number of benzene rings is 1. The van der Waals surface area contributed by atoms with Gasteiger partial charge in [0.1, 0.15) is 28.6 Å². The second-order valence-corrected chi connectivity index (χ2v) is 5.37. The molecule has 0 aromatic heterocycles. The molecule has 1 aliphatic carbocycles. The summed E-state index contributed by atoms with van der Waals surface area (Å²) in [5, 5.41) is 10.1. The second-order valence-electron chi connectivity index (χ2n) is 5.37. The summed E-state index contributed by atoms with van der Waals surface area (Å²) >= 11 is 0. The maximum atomic E-state index is 12.5. The number of carbonyl (C=O) groups is 1. The molecule has 0 bridgehead atoms. The van der Waals surface area contributed by atoms with Crippen molar-refractivity contribution in [3.63, 3.8) is 0 Å². The number of aromatic hydroxyl groups is 1. The predicted octanol–water partition coefficient (Wildman–Crippen LogP) is 3.23. The molecule has 0 aliphatic heterocycles. The Labute approximate surface area is 147 Å². The van der Waals surface area contributed by atoms with Crippen LogP contribution < -0.4 is 9.47 Å². The molecule has 1 atom stereocenters. The molecular formula is C19H22O6. The Morgan fingerprint density at radius 1 is 1.12 bits per heavy atom. The minimum Gasteiger partial charge on any atom is -0.507 e. The molecule has 6 nitrogen and oxygen atoms in total. The lowest BCUT2D eigenvalue weighted by Gasteiger charge is -2.18. The molecule has 1 aliphatic rings. The number of hydrogen-bond acceptors (Lipinski definition) is 6. The predicted molar refractivity (Wildman–Crippen MR) is 93.0 cm³/mol. The van der Waals surface area contributed by atoms with Crippen LogP contribution in [0, 0.1) is 5.92 Å². The number of rotatable bonds is 7. The highest BCUT2D eigenvalue weighted by Crippen LogP contribution is 2.34. The molecule has 1 unspecified atom stereocenters. The zero-order valence-corrected chi connectivity index (χ0v) is 14.7. The van der Waals surface area contributed by atoms with Gasteiger partial charge < -0.3 is 24.1 Å². The highest BCUT2D eigenvalue weighted by molar-refractivity contribution is 6.08. The molecule has 1 aromatic carbocycles. The van der Waals surface area contributed by atoms with Gasteiger partial charge in [-0.3, -0.25) is 4.79 Å². The average molecular weight is 346 g/mol. The summed E-state index contributed by atoms with van der Waals surface area (Å²) in [4.78, 5) is 12.5. The largest absolute Gasteiger partial charge is 0.507 e. The molecular weight excluding hydrogens is 324 g/mol. The number of ketones is 1. The summed E-state index contributed by atoms with van der Waals surface area (Å²) in [6.07, 6.45) is 7.51. The van der Waals surface area contributed by atoms with Crippen molar-refractivity contribution in [2.45, 2.75) is 6.42 Å². The quantitative estimate of drug-likeness (QED) is 0.603. The standard InChI is InChI=1S/C19H22O6/c1-22-13-10-15(21)19(18(11-13)25-4)14(20)7-5-12-6-8-16(23-2)17(9-12)24-3/h5-8,10-12,21H,9H2,1-4H3. The summed E-state index contributed by atoms with van der Waals surface area (Å²) < 4.78 is 20.8. The van der Waals surface area contributed by atoms with Crippen molar-refractivity contribution in [3.8, 4) is 17.2 Å². The van der Waals surface area contributed by atoms with Gasteiger partial charge in [0.05, 0.1) is 28.4 Å². The molecule has 0 radical (unpaired) electrons. The first-order chi connectivity index (χ1) is 12.0. The van der Waals surface area contributed by atoms with Crippen molar-refractivity contribution >= 4 is 5.78 Å².